The Balaban J connectivity index is 1.82. The molecule has 2 aromatic rings. The highest BCUT2D eigenvalue weighted by Crippen LogP contribution is 2.32. The highest BCUT2D eigenvalue weighted by molar-refractivity contribution is 5.42. The Morgan fingerprint density at radius 1 is 1.29 bits per heavy atom. The van der Waals surface area contributed by atoms with Crippen molar-refractivity contribution in [3.8, 4) is 17.4 Å². The maximum Gasteiger partial charge on any atom is 0.224 e. The lowest BCUT2D eigenvalue weighted by Gasteiger charge is -2.13. The van der Waals surface area contributed by atoms with Crippen LogP contribution in [0.3, 0.4) is 0 Å². The van der Waals surface area contributed by atoms with Crippen LogP contribution in [-0.4, -0.2) is 18.1 Å². The molecule has 0 amide bonds. The second kappa shape index (κ2) is 6.10. The van der Waals surface area contributed by atoms with Gasteiger partial charge in [0, 0.05) is 18.2 Å². The number of para-hydroxylation sites is 2. The van der Waals surface area contributed by atoms with E-state index in [1.807, 2.05) is 12.1 Å². The van der Waals surface area contributed by atoms with Gasteiger partial charge in [0.25, 0.3) is 0 Å². The van der Waals surface area contributed by atoms with Gasteiger partial charge >= 0.3 is 0 Å². The van der Waals surface area contributed by atoms with E-state index in [9.17, 15) is 4.39 Å². The Labute approximate surface area is 122 Å². The van der Waals surface area contributed by atoms with Crippen LogP contribution in [-0.2, 0) is 6.54 Å². The number of nitrogens with one attached hydrogen (secondary N) is 1. The van der Waals surface area contributed by atoms with E-state index < -0.39 is 0 Å². The van der Waals surface area contributed by atoms with Crippen LogP contribution in [0.5, 0.6) is 17.4 Å². The van der Waals surface area contributed by atoms with Crippen LogP contribution in [0.2, 0.25) is 0 Å². The highest BCUT2D eigenvalue weighted by Gasteiger charge is 2.21. The largest absolute Gasteiger partial charge is 0.493 e. The molecule has 1 saturated carbocycles. The first-order valence-electron chi connectivity index (χ1n) is 6.95. The van der Waals surface area contributed by atoms with Gasteiger partial charge in [-0.2, -0.15) is 0 Å². The molecule has 1 heterocycles. The second-order valence-electron chi connectivity index (χ2n) is 5.03. The van der Waals surface area contributed by atoms with Crippen molar-refractivity contribution in [1.29, 1.82) is 0 Å². The van der Waals surface area contributed by atoms with Crippen LogP contribution in [0, 0.1) is 5.82 Å². The van der Waals surface area contributed by atoms with E-state index in [0.717, 1.165) is 6.20 Å². The zero-order valence-corrected chi connectivity index (χ0v) is 11.8. The van der Waals surface area contributed by atoms with Gasteiger partial charge in [-0.1, -0.05) is 12.1 Å². The fourth-order valence-electron chi connectivity index (χ4n) is 2.04. The highest BCUT2D eigenvalue weighted by atomic mass is 19.1. The Bertz CT molecular complexity index is 629. The van der Waals surface area contributed by atoms with Gasteiger partial charge < -0.3 is 14.8 Å². The SMILES string of the molecule is COc1ccccc1Oc1ncc(F)cc1CNC1CC1. The fourth-order valence-corrected chi connectivity index (χ4v) is 2.04. The van der Waals surface area contributed by atoms with Crippen molar-refractivity contribution >= 4 is 0 Å². The van der Waals surface area contributed by atoms with Gasteiger partial charge in [-0.25, -0.2) is 9.37 Å². The van der Waals surface area contributed by atoms with Crippen LogP contribution in [0.1, 0.15) is 18.4 Å². The minimum absolute atomic E-state index is 0.366. The van der Waals surface area contributed by atoms with E-state index in [0.29, 0.717) is 35.5 Å². The third-order valence-electron chi connectivity index (χ3n) is 3.33. The molecule has 110 valence electrons. The third kappa shape index (κ3) is 3.49. The third-order valence-corrected chi connectivity index (χ3v) is 3.33. The van der Waals surface area contributed by atoms with Crippen LogP contribution < -0.4 is 14.8 Å². The molecule has 1 N–H and O–H groups in total. The molecule has 1 aliphatic carbocycles. The Kier molecular flexibility index (Phi) is 4.01. The lowest BCUT2D eigenvalue weighted by Crippen LogP contribution is -2.16. The van der Waals surface area contributed by atoms with Gasteiger partial charge in [0.15, 0.2) is 11.5 Å². The lowest BCUT2D eigenvalue weighted by molar-refractivity contribution is 0.371. The second-order valence-corrected chi connectivity index (χ2v) is 5.03. The maximum absolute atomic E-state index is 13.4. The lowest BCUT2D eigenvalue weighted by atomic mass is 10.2. The van der Waals surface area contributed by atoms with Crippen LogP contribution in [0.25, 0.3) is 0 Å². The van der Waals surface area contributed by atoms with E-state index in [-0.39, 0.29) is 5.82 Å². The van der Waals surface area contributed by atoms with Crippen molar-refractivity contribution in [2.24, 2.45) is 0 Å². The molecule has 4 nitrogen and oxygen atoms in total. The number of methoxy groups -OCH3 is 1. The van der Waals surface area contributed by atoms with E-state index in [4.69, 9.17) is 9.47 Å². The van der Waals surface area contributed by atoms with Crippen molar-refractivity contribution in [3.05, 3.63) is 47.9 Å². The summed E-state index contributed by atoms with van der Waals surface area (Å²) in [6.07, 6.45) is 3.50. The molecule has 5 heteroatoms. The summed E-state index contributed by atoms with van der Waals surface area (Å²) in [4.78, 5) is 4.05. The van der Waals surface area contributed by atoms with Crippen LogP contribution >= 0.6 is 0 Å². The number of nitrogens with zero attached hydrogens (tertiary/aromatic N) is 1. The van der Waals surface area contributed by atoms with E-state index in [1.165, 1.54) is 18.9 Å². The molecule has 0 radical (unpaired) electrons. The fraction of sp³-hybridized carbons (Fsp3) is 0.312. The van der Waals surface area contributed by atoms with E-state index >= 15 is 0 Å². The molecule has 0 spiro atoms. The van der Waals surface area contributed by atoms with Crippen molar-refractivity contribution in [3.63, 3.8) is 0 Å². The summed E-state index contributed by atoms with van der Waals surface area (Å²) in [7, 11) is 1.58. The van der Waals surface area contributed by atoms with Crippen molar-refractivity contribution in [1.82, 2.24) is 10.3 Å². The summed E-state index contributed by atoms with van der Waals surface area (Å²) in [6, 6.07) is 9.30. The first-order chi connectivity index (χ1) is 10.3. The minimum Gasteiger partial charge on any atom is -0.493 e. The summed E-state index contributed by atoms with van der Waals surface area (Å²) in [6.45, 7) is 0.542. The quantitative estimate of drug-likeness (QED) is 0.886. The van der Waals surface area contributed by atoms with Gasteiger partial charge in [0.1, 0.15) is 5.82 Å². The average Bonchev–Trinajstić information content (AvgIpc) is 3.32. The van der Waals surface area contributed by atoms with Gasteiger partial charge in [-0.05, 0) is 31.0 Å². The average molecular weight is 288 g/mol. The van der Waals surface area contributed by atoms with Crippen molar-refractivity contribution < 1.29 is 13.9 Å². The Morgan fingerprint density at radius 2 is 2.05 bits per heavy atom. The topological polar surface area (TPSA) is 43.4 Å². The molecule has 3 rings (SSSR count). The normalized spacial score (nSPS) is 14.0. The molecule has 0 unspecified atom stereocenters. The number of halogens is 1. The molecule has 0 atom stereocenters. The first kappa shape index (κ1) is 13.8. The van der Waals surface area contributed by atoms with E-state index in [1.54, 1.807) is 19.2 Å². The maximum atomic E-state index is 13.4. The first-order valence-corrected chi connectivity index (χ1v) is 6.95. The smallest absolute Gasteiger partial charge is 0.224 e. The molecule has 1 fully saturated rings. The van der Waals surface area contributed by atoms with Gasteiger partial charge in [0.2, 0.25) is 5.88 Å². The van der Waals surface area contributed by atoms with Crippen LogP contribution in [0.4, 0.5) is 4.39 Å². The molecule has 1 aromatic heterocycles. The molecule has 0 bridgehead atoms. The molecular weight excluding hydrogens is 271 g/mol. The van der Waals surface area contributed by atoms with Gasteiger partial charge in [-0.15, -0.1) is 0 Å². The van der Waals surface area contributed by atoms with Crippen molar-refractivity contribution in [2.75, 3.05) is 7.11 Å². The molecule has 1 aliphatic rings. The number of ether oxygens (including phenoxy) is 2. The molecular formula is C16H17FN2O2. The molecule has 1 aromatic carbocycles. The summed E-state index contributed by atoms with van der Waals surface area (Å²) in [5.74, 6) is 1.21. The monoisotopic (exact) mass is 288 g/mol. The zero-order valence-electron chi connectivity index (χ0n) is 11.8. The minimum atomic E-state index is -0.366. The summed E-state index contributed by atoms with van der Waals surface area (Å²) < 4.78 is 24.4. The van der Waals surface area contributed by atoms with Crippen molar-refractivity contribution in [2.45, 2.75) is 25.4 Å². The Hall–Kier alpha value is -2.14. The summed E-state index contributed by atoms with van der Waals surface area (Å²) >= 11 is 0. The number of aromatic nitrogens is 1. The number of benzene rings is 1. The standard InChI is InChI=1S/C16H17FN2O2/c1-20-14-4-2-3-5-15(14)21-16-11(8-12(17)10-19-16)9-18-13-6-7-13/h2-5,8,10,13,18H,6-7,9H2,1H3. The predicted octanol–water partition coefficient (Wildman–Crippen LogP) is 3.27. The van der Waals surface area contributed by atoms with E-state index in [2.05, 4.69) is 10.3 Å². The molecule has 0 saturated heterocycles. The van der Waals surface area contributed by atoms with Gasteiger partial charge in [-0.3, -0.25) is 0 Å². The molecule has 21 heavy (non-hydrogen) atoms. The summed E-state index contributed by atoms with van der Waals surface area (Å²) in [5, 5.41) is 3.34. The van der Waals surface area contributed by atoms with Crippen LogP contribution in [0.15, 0.2) is 36.5 Å². The predicted molar refractivity (Wildman–Crippen MR) is 77.1 cm³/mol. The Morgan fingerprint density at radius 3 is 2.76 bits per heavy atom. The van der Waals surface area contributed by atoms with Gasteiger partial charge in [0.05, 0.1) is 13.3 Å². The molecule has 0 aliphatic heterocycles. The number of hydrogen-bond donors (Lipinski definition) is 1. The summed E-state index contributed by atoms with van der Waals surface area (Å²) in [5.41, 5.74) is 0.702. The zero-order chi connectivity index (χ0) is 14.7. The number of hydrogen-bond acceptors (Lipinski definition) is 4. The number of pyridine rings is 1. The number of rotatable bonds is 6.